The van der Waals surface area contributed by atoms with E-state index in [4.69, 9.17) is 0 Å². The Morgan fingerprint density at radius 1 is 1.41 bits per heavy atom. The molecule has 4 rings (SSSR count). The van der Waals surface area contributed by atoms with Crippen molar-refractivity contribution in [3.05, 3.63) is 42.4 Å². The Hall–Kier alpha value is -2.21. The molecule has 0 bridgehead atoms. The third-order valence-electron chi connectivity index (χ3n) is 4.51. The van der Waals surface area contributed by atoms with E-state index in [1.54, 1.807) is 6.20 Å². The molecule has 2 N–H and O–H groups in total. The third-order valence-corrected chi connectivity index (χ3v) is 4.51. The molecule has 1 aliphatic carbocycles. The fourth-order valence-corrected chi connectivity index (χ4v) is 3.14. The summed E-state index contributed by atoms with van der Waals surface area (Å²) in [6.07, 6.45) is 7.52. The summed E-state index contributed by atoms with van der Waals surface area (Å²) in [6.45, 7) is 1.97. The van der Waals surface area contributed by atoms with Gasteiger partial charge < -0.3 is 10.6 Å². The minimum Gasteiger partial charge on any atom is -0.315 e. The summed E-state index contributed by atoms with van der Waals surface area (Å²) >= 11 is 0. The number of hydrogen-bond donors (Lipinski definition) is 2. The van der Waals surface area contributed by atoms with Gasteiger partial charge in [0, 0.05) is 37.1 Å². The van der Waals surface area contributed by atoms with Gasteiger partial charge in [0.1, 0.15) is 0 Å². The maximum Gasteiger partial charge on any atom is 0.229 e. The highest BCUT2D eigenvalue weighted by atomic mass is 16.2. The van der Waals surface area contributed by atoms with Gasteiger partial charge in [0.25, 0.3) is 0 Å². The number of rotatable bonds is 4. The Morgan fingerprint density at radius 2 is 2.36 bits per heavy atom. The van der Waals surface area contributed by atoms with Crippen molar-refractivity contribution in [3.8, 4) is 0 Å². The van der Waals surface area contributed by atoms with Crippen molar-refractivity contribution in [2.24, 2.45) is 5.92 Å². The van der Waals surface area contributed by atoms with E-state index < -0.39 is 0 Å². The summed E-state index contributed by atoms with van der Waals surface area (Å²) in [4.78, 5) is 16.4. The van der Waals surface area contributed by atoms with Crippen molar-refractivity contribution in [2.75, 3.05) is 18.4 Å². The summed E-state index contributed by atoms with van der Waals surface area (Å²) in [5.74, 6) is 1.05. The zero-order valence-corrected chi connectivity index (χ0v) is 12.3. The summed E-state index contributed by atoms with van der Waals surface area (Å²) in [7, 11) is 0. The van der Waals surface area contributed by atoms with Crippen LogP contribution < -0.4 is 10.6 Å². The fourth-order valence-electron chi connectivity index (χ4n) is 3.14. The van der Waals surface area contributed by atoms with Gasteiger partial charge >= 0.3 is 0 Å². The molecule has 2 fully saturated rings. The highest BCUT2D eigenvalue weighted by Gasteiger charge is 2.44. The zero-order chi connectivity index (χ0) is 14.9. The third kappa shape index (κ3) is 2.62. The Balaban J connectivity index is 1.37. The molecule has 1 aliphatic heterocycles. The van der Waals surface area contributed by atoms with Crippen molar-refractivity contribution in [1.29, 1.82) is 0 Å². The molecule has 0 spiro atoms. The average Bonchev–Trinajstić information content (AvgIpc) is 2.95. The van der Waals surface area contributed by atoms with Gasteiger partial charge in [-0.2, -0.15) is 5.10 Å². The molecule has 3 unspecified atom stereocenters. The van der Waals surface area contributed by atoms with Crippen LogP contribution >= 0.6 is 0 Å². The zero-order valence-electron chi connectivity index (χ0n) is 12.3. The Labute approximate surface area is 128 Å². The molecular formula is C16H19N5O. The lowest BCUT2D eigenvalue weighted by molar-refractivity contribution is -0.117. The van der Waals surface area contributed by atoms with Gasteiger partial charge in [0.05, 0.1) is 6.04 Å². The van der Waals surface area contributed by atoms with Crippen molar-refractivity contribution < 1.29 is 4.79 Å². The molecule has 2 aromatic heterocycles. The lowest BCUT2D eigenvalue weighted by Crippen LogP contribution is -2.17. The molecule has 6 heteroatoms. The van der Waals surface area contributed by atoms with Gasteiger partial charge in [-0.1, -0.05) is 6.07 Å². The maximum absolute atomic E-state index is 12.3. The minimum atomic E-state index is 0.0440. The molecule has 1 amide bonds. The molecule has 1 saturated heterocycles. The summed E-state index contributed by atoms with van der Waals surface area (Å²) in [5.41, 5.74) is 1.14. The lowest BCUT2D eigenvalue weighted by atomic mass is 10.1. The molecule has 2 aromatic rings. The van der Waals surface area contributed by atoms with Crippen LogP contribution in [-0.4, -0.2) is 33.8 Å². The van der Waals surface area contributed by atoms with Gasteiger partial charge in [0.15, 0.2) is 5.82 Å². The molecule has 3 heterocycles. The predicted octanol–water partition coefficient (Wildman–Crippen LogP) is 1.55. The number of pyridine rings is 1. The standard InChI is InChI=1S/C16H19N5O/c22-16(14-8-13(14)11-2-1-5-17-9-11)19-15-4-7-21(20-15)12-3-6-18-10-12/h1-2,4-5,7,9,12-14,18H,3,6,8,10H2,(H,19,20,22). The lowest BCUT2D eigenvalue weighted by Gasteiger charge is -2.08. The molecular weight excluding hydrogens is 278 g/mol. The van der Waals surface area contributed by atoms with E-state index >= 15 is 0 Å². The van der Waals surface area contributed by atoms with E-state index in [9.17, 15) is 4.79 Å². The van der Waals surface area contributed by atoms with Crippen molar-refractivity contribution in [2.45, 2.75) is 24.8 Å². The number of hydrogen-bond acceptors (Lipinski definition) is 4. The van der Waals surface area contributed by atoms with Gasteiger partial charge in [0.2, 0.25) is 5.91 Å². The second-order valence-electron chi connectivity index (χ2n) is 6.05. The van der Waals surface area contributed by atoms with Crippen LogP contribution in [0, 0.1) is 5.92 Å². The maximum atomic E-state index is 12.3. The summed E-state index contributed by atoms with van der Waals surface area (Å²) in [6, 6.07) is 6.22. The quantitative estimate of drug-likeness (QED) is 0.898. The van der Waals surface area contributed by atoms with Crippen molar-refractivity contribution in [1.82, 2.24) is 20.1 Å². The van der Waals surface area contributed by atoms with Gasteiger partial charge in [-0.3, -0.25) is 14.5 Å². The van der Waals surface area contributed by atoms with Crippen LogP contribution in [0.5, 0.6) is 0 Å². The van der Waals surface area contributed by atoms with Crippen molar-refractivity contribution in [3.63, 3.8) is 0 Å². The van der Waals surface area contributed by atoms with Gasteiger partial charge in [-0.05, 0) is 36.9 Å². The molecule has 3 atom stereocenters. The largest absolute Gasteiger partial charge is 0.315 e. The highest BCUT2D eigenvalue weighted by molar-refractivity contribution is 5.94. The van der Waals surface area contributed by atoms with Gasteiger partial charge in [-0.15, -0.1) is 0 Å². The van der Waals surface area contributed by atoms with Crippen LogP contribution in [0.25, 0.3) is 0 Å². The van der Waals surface area contributed by atoms with Crippen molar-refractivity contribution >= 4 is 11.7 Å². The van der Waals surface area contributed by atoms with E-state index in [0.29, 0.717) is 17.8 Å². The Bertz CT molecular complexity index is 662. The smallest absolute Gasteiger partial charge is 0.229 e. The van der Waals surface area contributed by atoms with Crippen LogP contribution in [0.4, 0.5) is 5.82 Å². The number of carbonyl (C=O) groups excluding carboxylic acids is 1. The molecule has 0 radical (unpaired) electrons. The first-order valence-corrected chi connectivity index (χ1v) is 7.78. The van der Waals surface area contributed by atoms with E-state index in [1.165, 1.54) is 0 Å². The van der Waals surface area contributed by atoms with E-state index in [2.05, 4.69) is 20.7 Å². The van der Waals surface area contributed by atoms with Crippen LogP contribution in [0.2, 0.25) is 0 Å². The normalized spacial score (nSPS) is 26.8. The number of anilines is 1. The fraction of sp³-hybridized carbons (Fsp3) is 0.438. The first-order chi connectivity index (χ1) is 10.8. The number of nitrogens with zero attached hydrogens (tertiary/aromatic N) is 3. The molecule has 6 nitrogen and oxygen atoms in total. The first-order valence-electron chi connectivity index (χ1n) is 7.78. The van der Waals surface area contributed by atoms with Crippen LogP contribution in [0.3, 0.4) is 0 Å². The van der Waals surface area contributed by atoms with Gasteiger partial charge in [-0.25, -0.2) is 0 Å². The minimum absolute atomic E-state index is 0.0440. The second-order valence-corrected chi connectivity index (χ2v) is 6.05. The van der Waals surface area contributed by atoms with E-state index in [-0.39, 0.29) is 11.8 Å². The average molecular weight is 297 g/mol. The molecule has 114 valence electrons. The number of aromatic nitrogens is 3. The second kappa shape index (κ2) is 5.53. The highest BCUT2D eigenvalue weighted by Crippen LogP contribution is 2.47. The Kier molecular flexibility index (Phi) is 3.38. The predicted molar refractivity (Wildman–Crippen MR) is 82.5 cm³/mol. The van der Waals surface area contributed by atoms with Crippen LogP contribution in [0.1, 0.15) is 30.4 Å². The van der Waals surface area contributed by atoms with Crippen LogP contribution in [-0.2, 0) is 4.79 Å². The number of carbonyl (C=O) groups is 1. The van der Waals surface area contributed by atoms with E-state index in [0.717, 1.165) is 31.5 Å². The SMILES string of the molecule is O=C(Nc1ccn(C2CCNC2)n1)C1CC1c1cccnc1. The Morgan fingerprint density at radius 3 is 3.14 bits per heavy atom. The number of amides is 1. The first kappa shape index (κ1) is 13.5. The monoisotopic (exact) mass is 297 g/mol. The molecule has 0 aromatic carbocycles. The summed E-state index contributed by atoms with van der Waals surface area (Å²) in [5, 5.41) is 10.7. The molecule has 2 aliphatic rings. The number of nitrogens with one attached hydrogen (secondary N) is 2. The molecule has 22 heavy (non-hydrogen) atoms. The van der Waals surface area contributed by atoms with Crippen LogP contribution in [0.15, 0.2) is 36.8 Å². The van der Waals surface area contributed by atoms with E-state index in [1.807, 2.05) is 35.3 Å². The molecule has 1 saturated carbocycles. The topological polar surface area (TPSA) is 71.8 Å². The summed E-state index contributed by atoms with van der Waals surface area (Å²) < 4.78 is 1.95.